The second kappa shape index (κ2) is 9.29. The van der Waals surface area contributed by atoms with Crippen molar-refractivity contribution in [3.8, 4) is 28.2 Å². The van der Waals surface area contributed by atoms with Gasteiger partial charge in [-0.05, 0) is 64.7 Å². The molecule has 0 spiro atoms. The van der Waals surface area contributed by atoms with E-state index in [2.05, 4.69) is 112 Å². The number of nitrogens with zero attached hydrogens (tertiary/aromatic N) is 5. The van der Waals surface area contributed by atoms with Crippen molar-refractivity contribution < 1.29 is 0 Å². The van der Waals surface area contributed by atoms with Crippen LogP contribution in [0.25, 0.3) is 82.7 Å². The maximum absolute atomic E-state index is 5.05. The average molecular weight is 550 g/mol. The zero-order chi connectivity index (χ0) is 28.3. The maximum Gasteiger partial charge on any atom is 0.178 e. The molecule has 5 heteroatoms. The molecule has 0 atom stereocenters. The zero-order valence-corrected chi connectivity index (χ0v) is 23.0. The van der Waals surface area contributed by atoms with Crippen molar-refractivity contribution in [2.75, 3.05) is 0 Å². The lowest BCUT2D eigenvalue weighted by Crippen LogP contribution is -1.99. The summed E-state index contributed by atoms with van der Waals surface area (Å²) >= 11 is 0. The molecule has 0 radical (unpaired) electrons. The molecule has 0 saturated heterocycles. The predicted molar refractivity (Wildman–Crippen MR) is 175 cm³/mol. The van der Waals surface area contributed by atoms with Crippen LogP contribution in [0, 0.1) is 0 Å². The molecule has 9 aromatic rings. The fraction of sp³-hybridized carbons (Fsp3) is 0. The molecular weight excluding hydrogens is 526 g/mol. The van der Waals surface area contributed by atoms with Crippen molar-refractivity contribution >= 4 is 54.5 Å². The van der Waals surface area contributed by atoms with Crippen molar-refractivity contribution in [2.45, 2.75) is 0 Å². The Balaban J connectivity index is 1.37. The molecule has 0 unspecified atom stereocenters. The summed E-state index contributed by atoms with van der Waals surface area (Å²) in [7, 11) is 0. The highest BCUT2D eigenvalue weighted by Gasteiger charge is 2.18. The van der Waals surface area contributed by atoms with Gasteiger partial charge in [0.25, 0.3) is 0 Å². The molecule has 0 amide bonds. The van der Waals surface area contributed by atoms with E-state index in [-0.39, 0.29) is 0 Å². The van der Waals surface area contributed by atoms with Crippen LogP contribution >= 0.6 is 0 Å². The summed E-state index contributed by atoms with van der Waals surface area (Å²) in [4.78, 5) is 19.0. The lowest BCUT2D eigenvalue weighted by molar-refractivity contribution is 1.18. The van der Waals surface area contributed by atoms with Crippen LogP contribution in [0.2, 0.25) is 0 Å². The van der Waals surface area contributed by atoms with Crippen LogP contribution in [0.4, 0.5) is 0 Å². The summed E-state index contributed by atoms with van der Waals surface area (Å²) in [5.74, 6) is 0. The van der Waals surface area contributed by atoms with Gasteiger partial charge < -0.3 is 4.57 Å². The smallest absolute Gasteiger partial charge is 0.178 e. The highest BCUT2D eigenvalue weighted by Crippen LogP contribution is 2.39. The minimum absolute atomic E-state index is 0.616. The van der Waals surface area contributed by atoms with Crippen LogP contribution in [0.1, 0.15) is 0 Å². The molecule has 0 aliphatic carbocycles. The van der Waals surface area contributed by atoms with Crippen LogP contribution < -0.4 is 0 Å². The molecule has 43 heavy (non-hydrogen) atoms. The summed E-state index contributed by atoms with van der Waals surface area (Å²) in [5.41, 5.74) is 8.22. The quantitative estimate of drug-likeness (QED) is 0.220. The van der Waals surface area contributed by atoms with Gasteiger partial charge in [0.1, 0.15) is 5.52 Å². The number of hydrogen-bond donors (Lipinski definition) is 0. The average Bonchev–Trinajstić information content (AvgIpc) is 3.40. The van der Waals surface area contributed by atoms with Gasteiger partial charge in [0.2, 0.25) is 0 Å². The Morgan fingerprint density at radius 1 is 0.512 bits per heavy atom. The van der Waals surface area contributed by atoms with Crippen molar-refractivity contribution in [2.24, 2.45) is 0 Å². The van der Waals surface area contributed by atoms with Crippen LogP contribution in [-0.2, 0) is 0 Å². The second-order valence-electron chi connectivity index (χ2n) is 10.8. The first kappa shape index (κ1) is 23.7. The van der Waals surface area contributed by atoms with Crippen LogP contribution in [0.5, 0.6) is 0 Å². The minimum Gasteiger partial charge on any atom is -0.309 e. The standard InChI is InChI=1S/C38H23N5/c1-2-10-26-22-34-32(21-25(26)9-1)31-17-16-24-8-3-4-14-30(24)37(31)43(34)29-13-5-11-27(20-29)35-36(28-12-6-18-39-23-28)41-33-15-7-19-40-38(33)42-35/h1-23H. The lowest BCUT2D eigenvalue weighted by atomic mass is 10.0. The third kappa shape index (κ3) is 3.72. The molecule has 0 fully saturated rings. The van der Waals surface area contributed by atoms with Gasteiger partial charge in [0, 0.05) is 51.6 Å². The maximum atomic E-state index is 5.05. The van der Waals surface area contributed by atoms with Gasteiger partial charge >= 0.3 is 0 Å². The van der Waals surface area contributed by atoms with Crippen molar-refractivity contribution in [1.82, 2.24) is 24.5 Å². The van der Waals surface area contributed by atoms with E-state index in [4.69, 9.17) is 9.97 Å². The van der Waals surface area contributed by atoms with Crippen molar-refractivity contribution in [3.05, 3.63) is 140 Å². The molecule has 200 valence electrons. The molecule has 5 nitrogen and oxygen atoms in total. The van der Waals surface area contributed by atoms with Crippen LogP contribution in [-0.4, -0.2) is 24.5 Å². The highest BCUT2D eigenvalue weighted by molar-refractivity contribution is 6.20. The van der Waals surface area contributed by atoms with E-state index in [0.717, 1.165) is 33.7 Å². The number of benzene rings is 5. The topological polar surface area (TPSA) is 56.5 Å². The van der Waals surface area contributed by atoms with E-state index in [1.165, 1.54) is 43.4 Å². The molecule has 4 aromatic heterocycles. The fourth-order valence-corrected chi connectivity index (χ4v) is 6.32. The summed E-state index contributed by atoms with van der Waals surface area (Å²) in [6, 6.07) is 42.7. The van der Waals surface area contributed by atoms with Gasteiger partial charge in [-0.1, -0.05) is 72.8 Å². The second-order valence-corrected chi connectivity index (χ2v) is 10.8. The van der Waals surface area contributed by atoms with E-state index in [0.29, 0.717) is 5.65 Å². The number of pyridine rings is 2. The van der Waals surface area contributed by atoms with E-state index in [1.807, 2.05) is 30.5 Å². The number of hydrogen-bond acceptors (Lipinski definition) is 4. The first-order valence-corrected chi connectivity index (χ1v) is 14.3. The van der Waals surface area contributed by atoms with Gasteiger partial charge in [-0.3, -0.25) is 4.98 Å². The molecular formula is C38H23N5. The monoisotopic (exact) mass is 549 g/mol. The van der Waals surface area contributed by atoms with Gasteiger partial charge in [-0.25, -0.2) is 15.0 Å². The van der Waals surface area contributed by atoms with E-state index < -0.39 is 0 Å². The number of rotatable bonds is 3. The Hall–Kier alpha value is -5.94. The Kier molecular flexibility index (Phi) is 5.13. The van der Waals surface area contributed by atoms with Gasteiger partial charge in [-0.15, -0.1) is 0 Å². The normalized spacial score (nSPS) is 11.7. The molecule has 4 heterocycles. The van der Waals surface area contributed by atoms with Crippen LogP contribution in [0.15, 0.2) is 140 Å². The Morgan fingerprint density at radius 3 is 2.19 bits per heavy atom. The van der Waals surface area contributed by atoms with E-state index in [1.54, 1.807) is 12.4 Å². The predicted octanol–water partition coefficient (Wildman–Crippen LogP) is 9.16. The molecule has 0 bridgehead atoms. The summed E-state index contributed by atoms with van der Waals surface area (Å²) in [6.45, 7) is 0. The zero-order valence-electron chi connectivity index (χ0n) is 23.0. The summed E-state index contributed by atoms with van der Waals surface area (Å²) < 4.78 is 2.40. The van der Waals surface area contributed by atoms with E-state index >= 15 is 0 Å². The molecule has 0 saturated carbocycles. The van der Waals surface area contributed by atoms with Gasteiger partial charge in [0.15, 0.2) is 5.65 Å². The van der Waals surface area contributed by atoms with Crippen molar-refractivity contribution in [1.29, 1.82) is 0 Å². The molecule has 5 aromatic carbocycles. The fourth-order valence-electron chi connectivity index (χ4n) is 6.32. The third-order valence-electron chi connectivity index (χ3n) is 8.27. The van der Waals surface area contributed by atoms with Crippen molar-refractivity contribution in [3.63, 3.8) is 0 Å². The largest absolute Gasteiger partial charge is 0.309 e. The third-order valence-corrected chi connectivity index (χ3v) is 8.27. The van der Waals surface area contributed by atoms with Crippen LogP contribution in [0.3, 0.4) is 0 Å². The Labute approximate surface area is 246 Å². The SMILES string of the molecule is c1cncc(-c2nc3cccnc3nc2-c2cccc(-n3c4cc5ccccc5cc4c4ccc5ccccc5c43)c2)c1. The first-order chi connectivity index (χ1) is 21.3. The number of fused-ring (bicyclic) bond motifs is 7. The van der Waals surface area contributed by atoms with Gasteiger partial charge in [0.05, 0.1) is 22.4 Å². The number of aromatic nitrogens is 5. The highest BCUT2D eigenvalue weighted by atomic mass is 15.0. The summed E-state index contributed by atoms with van der Waals surface area (Å²) in [6.07, 6.45) is 5.37. The summed E-state index contributed by atoms with van der Waals surface area (Å²) in [5, 5.41) is 7.34. The van der Waals surface area contributed by atoms with E-state index in [9.17, 15) is 0 Å². The Morgan fingerprint density at radius 2 is 1.30 bits per heavy atom. The van der Waals surface area contributed by atoms with Gasteiger partial charge in [-0.2, -0.15) is 0 Å². The molecule has 0 N–H and O–H groups in total. The lowest BCUT2D eigenvalue weighted by Gasteiger charge is -2.14. The molecule has 9 rings (SSSR count). The minimum atomic E-state index is 0.616. The Bertz CT molecular complexity index is 2510. The first-order valence-electron chi connectivity index (χ1n) is 14.3. The molecule has 0 aliphatic rings. The molecule has 0 aliphatic heterocycles.